The van der Waals surface area contributed by atoms with E-state index in [1.165, 1.54) is 0 Å². The Balaban J connectivity index is 1.89. The van der Waals surface area contributed by atoms with Crippen molar-refractivity contribution >= 4 is 5.97 Å². The molecule has 1 heterocycles. The molecule has 1 aliphatic heterocycles. The average Bonchev–Trinajstić information content (AvgIpc) is 2.92. The molecular formula is C15H20O3. The zero-order valence-electron chi connectivity index (χ0n) is 10.8. The van der Waals surface area contributed by atoms with Crippen molar-refractivity contribution in [1.82, 2.24) is 0 Å². The Labute approximate surface area is 108 Å². The monoisotopic (exact) mass is 248 g/mol. The molecule has 2 rings (SSSR count). The van der Waals surface area contributed by atoms with Gasteiger partial charge in [-0.1, -0.05) is 37.3 Å². The molecule has 0 aliphatic carbocycles. The first kappa shape index (κ1) is 13.1. The predicted octanol–water partition coefficient (Wildman–Crippen LogP) is 2.90. The first-order chi connectivity index (χ1) is 8.81. The third-order valence-corrected chi connectivity index (χ3v) is 3.33. The van der Waals surface area contributed by atoms with Crippen LogP contribution in [0.1, 0.15) is 37.7 Å². The Morgan fingerprint density at radius 2 is 2.22 bits per heavy atom. The van der Waals surface area contributed by atoms with Gasteiger partial charge in [0.15, 0.2) is 0 Å². The van der Waals surface area contributed by atoms with Crippen LogP contribution in [0, 0.1) is 0 Å². The first-order valence-corrected chi connectivity index (χ1v) is 6.64. The van der Waals surface area contributed by atoms with Crippen molar-refractivity contribution in [2.75, 3.05) is 13.2 Å². The van der Waals surface area contributed by atoms with Crippen LogP contribution in [-0.2, 0) is 14.3 Å². The van der Waals surface area contributed by atoms with Gasteiger partial charge in [0.05, 0.1) is 12.0 Å². The third kappa shape index (κ3) is 3.33. The fourth-order valence-corrected chi connectivity index (χ4v) is 2.28. The lowest BCUT2D eigenvalue weighted by molar-refractivity contribution is -0.148. The van der Waals surface area contributed by atoms with E-state index in [4.69, 9.17) is 9.47 Å². The Hall–Kier alpha value is -1.35. The van der Waals surface area contributed by atoms with Gasteiger partial charge in [-0.3, -0.25) is 4.79 Å². The highest BCUT2D eigenvalue weighted by molar-refractivity contribution is 5.78. The van der Waals surface area contributed by atoms with E-state index >= 15 is 0 Å². The van der Waals surface area contributed by atoms with Gasteiger partial charge < -0.3 is 9.47 Å². The largest absolute Gasteiger partial charge is 0.462 e. The van der Waals surface area contributed by atoms with E-state index in [0.29, 0.717) is 6.61 Å². The van der Waals surface area contributed by atoms with Crippen molar-refractivity contribution in [3.8, 4) is 0 Å². The molecule has 1 aromatic carbocycles. The molecule has 0 aromatic heterocycles. The zero-order valence-corrected chi connectivity index (χ0v) is 10.8. The summed E-state index contributed by atoms with van der Waals surface area (Å²) in [6.45, 7) is 3.19. The predicted molar refractivity (Wildman–Crippen MR) is 69.4 cm³/mol. The normalized spacial score (nSPS) is 20.6. The van der Waals surface area contributed by atoms with Gasteiger partial charge in [0, 0.05) is 6.61 Å². The lowest BCUT2D eigenvalue weighted by Crippen LogP contribution is -2.22. The van der Waals surface area contributed by atoms with Crippen molar-refractivity contribution in [3.05, 3.63) is 35.9 Å². The molecular weight excluding hydrogens is 228 g/mol. The minimum Gasteiger partial charge on any atom is -0.462 e. The fourth-order valence-electron chi connectivity index (χ4n) is 2.28. The molecule has 0 radical (unpaired) electrons. The van der Waals surface area contributed by atoms with Crippen molar-refractivity contribution in [1.29, 1.82) is 0 Å². The fraction of sp³-hybridized carbons (Fsp3) is 0.533. The number of rotatable bonds is 5. The van der Waals surface area contributed by atoms with Crippen molar-refractivity contribution in [2.45, 2.75) is 38.2 Å². The molecule has 3 nitrogen and oxygen atoms in total. The number of ether oxygens (including phenoxy) is 2. The van der Waals surface area contributed by atoms with Crippen LogP contribution in [0.4, 0.5) is 0 Å². The number of carbonyl (C=O) groups is 1. The molecule has 1 saturated heterocycles. The quantitative estimate of drug-likeness (QED) is 0.752. The summed E-state index contributed by atoms with van der Waals surface area (Å²) in [6.07, 6.45) is 2.92. The summed E-state index contributed by atoms with van der Waals surface area (Å²) in [4.78, 5) is 12.1. The SMILES string of the molecule is CCC(C(=O)OCC1CCCO1)c1ccccc1. The van der Waals surface area contributed by atoms with Gasteiger partial charge in [-0.15, -0.1) is 0 Å². The van der Waals surface area contributed by atoms with Crippen molar-refractivity contribution in [2.24, 2.45) is 0 Å². The molecule has 0 spiro atoms. The van der Waals surface area contributed by atoms with Crippen LogP contribution in [0.25, 0.3) is 0 Å². The molecule has 0 bridgehead atoms. The smallest absolute Gasteiger partial charge is 0.313 e. The lowest BCUT2D eigenvalue weighted by Gasteiger charge is -2.16. The lowest BCUT2D eigenvalue weighted by atomic mass is 9.97. The summed E-state index contributed by atoms with van der Waals surface area (Å²) in [6, 6.07) is 9.80. The van der Waals surface area contributed by atoms with E-state index in [2.05, 4.69) is 0 Å². The Bertz CT molecular complexity index is 369. The first-order valence-electron chi connectivity index (χ1n) is 6.64. The number of benzene rings is 1. The summed E-state index contributed by atoms with van der Waals surface area (Å²) >= 11 is 0. The van der Waals surface area contributed by atoms with Gasteiger partial charge in [0.25, 0.3) is 0 Å². The number of hydrogen-bond donors (Lipinski definition) is 0. The molecule has 0 N–H and O–H groups in total. The minimum atomic E-state index is -0.160. The summed E-state index contributed by atoms with van der Waals surface area (Å²) in [5.74, 6) is -0.299. The highest BCUT2D eigenvalue weighted by atomic mass is 16.6. The van der Waals surface area contributed by atoms with E-state index in [9.17, 15) is 4.79 Å². The number of hydrogen-bond acceptors (Lipinski definition) is 3. The van der Waals surface area contributed by atoms with Crippen LogP contribution in [-0.4, -0.2) is 25.3 Å². The van der Waals surface area contributed by atoms with Crippen LogP contribution in [0.15, 0.2) is 30.3 Å². The van der Waals surface area contributed by atoms with E-state index in [1.54, 1.807) is 0 Å². The van der Waals surface area contributed by atoms with Gasteiger partial charge >= 0.3 is 5.97 Å². The second kappa shape index (κ2) is 6.55. The van der Waals surface area contributed by atoms with Crippen molar-refractivity contribution < 1.29 is 14.3 Å². The molecule has 98 valence electrons. The van der Waals surface area contributed by atoms with Crippen LogP contribution in [0.2, 0.25) is 0 Å². The number of carbonyl (C=O) groups excluding carboxylic acids is 1. The van der Waals surface area contributed by atoms with Crippen LogP contribution < -0.4 is 0 Å². The van der Waals surface area contributed by atoms with Gasteiger partial charge in [-0.25, -0.2) is 0 Å². The van der Waals surface area contributed by atoms with Gasteiger partial charge in [0.1, 0.15) is 6.61 Å². The Morgan fingerprint density at radius 3 is 2.83 bits per heavy atom. The van der Waals surface area contributed by atoms with Gasteiger partial charge in [-0.05, 0) is 24.8 Å². The maximum absolute atomic E-state index is 12.1. The second-order valence-corrected chi connectivity index (χ2v) is 4.64. The standard InChI is InChI=1S/C15H20O3/c1-2-14(12-7-4-3-5-8-12)15(16)18-11-13-9-6-10-17-13/h3-5,7-8,13-14H,2,6,9-11H2,1H3. The summed E-state index contributed by atoms with van der Waals surface area (Å²) < 4.78 is 10.8. The van der Waals surface area contributed by atoms with E-state index in [0.717, 1.165) is 31.4 Å². The molecule has 1 fully saturated rings. The highest BCUT2D eigenvalue weighted by Crippen LogP contribution is 2.21. The Kier molecular flexibility index (Phi) is 4.76. The second-order valence-electron chi connectivity index (χ2n) is 4.64. The highest BCUT2D eigenvalue weighted by Gasteiger charge is 2.23. The summed E-state index contributed by atoms with van der Waals surface area (Å²) in [5.41, 5.74) is 1.03. The molecule has 2 unspecified atom stereocenters. The molecule has 0 saturated carbocycles. The van der Waals surface area contributed by atoms with Crippen LogP contribution >= 0.6 is 0 Å². The van der Waals surface area contributed by atoms with Crippen LogP contribution in [0.5, 0.6) is 0 Å². The minimum absolute atomic E-state index is 0.0993. The molecule has 1 aliphatic rings. The average molecular weight is 248 g/mol. The van der Waals surface area contributed by atoms with E-state index < -0.39 is 0 Å². The topological polar surface area (TPSA) is 35.5 Å². The summed E-state index contributed by atoms with van der Waals surface area (Å²) in [5, 5.41) is 0. The zero-order chi connectivity index (χ0) is 12.8. The number of esters is 1. The maximum Gasteiger partial charge on any atom is 0.313 e. The van der Waals surface area contributed by atoms with E-state index in [1.807, 2.05) is 37.3 Å². The molecule has 3 heteroatoms. The third-order valence-electron chi connectivity index (χ3n) is 3.33. The van der Waals surface area contributed by atoms with Gasteiger partial charge in [0.2, 0.25) is 0 Å². The van der Waals surface area contributed by atoms with E-state index in [-0.39, 0.29) is 18.0 Å². The van der Waals surface area contributed by atoms with Crippen molar-refractivity contribution in [3.63, 3.8) is 0 Å². The van der Waals surface area contributed by atoms with Gasteiger partial charge in [-0.2, -0.15) is 0 Å². The molecule has 1 aromatic rings. The molecule has 0 amide bonds. The maximum atomic E-state index is 12.1. The molecule has 18 heavy (non-hydrogen) atoms. The van der Waals surface area contributed by atoms with Crippen LogP contribution in [0.3, 0.4) is 0 Å². The summed E-state index contributed by atoms with van der Waals surface area (Å²) in [7, 11) is 0. The Morgan fingerprint density at radius 1 is 1.44 bits per heavy atom. The molecule has 2 atom stereocenters.